The lowest BCUT2D eigenvalue weighted by Gasteiger charge is -2.35. The molecule has 1 fully saturated rings. The average Bonchev–Trinajstić information content (AvgIpc) is 3.36. The van der Waals surface area contributed by atoms with E-state index in [4.69, 9.17) is 0 Å². The highest BCUT2D eigenvalue weighted by Crippen LogP contribution is 2.30. The normalized spacial score (nSPS) is 14.8. The molecule has 2 aromatic heterocycles. The minimum atomic E-state index is -0.223. The first-order valence-corrected chi connectivity index (χ1v) is 11.1. The van der Waals surface area contributed by atoms with Gasteiger partial charge in [0, 0.05) is 44.0 Å². The predicted octanol–water partition coefficient (Wildman–Crippen LogP) is 2.77. The smallest absolute Gasteiger partial charge is 0.261 e. The monoisotopic (exact) mass is 426 g/mol. The second-order valence-corrected chi connectivity index (χ2v) is 8.26. The Morgan fingerprint density at radius 3 is 2.50 bits per heavy atom. The fourth-order valence-corrected chi connectivity index (χ4v) is 4.56. The molecule has 4 rings (SSSR count). The molecule has 3 aromatic rings. The van der Waals surface area contributed by atoms with Crippen LogP contribution in [0.4, 0.5) is 11.5 Å². The quantitative estimate of drug-likeness (QED) is 0.564. The fourth-order valence-electron chi connectivity index (χ4n) is 3.59. The van der Waals surface area contributed by atoms with Crippen LogP contribution in [0.3, 0.4) is 0 Å². The molecular formula is C21H26N6O2S. The molecule has 0 bridgehead atoms. The molecule has 30 heavy (non-hydrogen) atoms. The summed E-state index contributed by atoms with van der Waals surface area (Å²) in [7, 11) is 0. The summed E-state index contributed by atoms with van der Waals surface area (Å²) in [5.41, 5.74) is 2.44. The minimum absolute atomic E-state index is 0.125. The van der Waals surface area contributed by atoms with Gasteiger partial charge in [0.2, 0.25) is 0 Å². The van der Waals surface area contributed by atoms with E-state index in [0.29, 0.717) is 22.8 Å². The van der Waals surface area contributed by atoms with Gasteiger partial charge in [-0.05, 0) is 43.8 Å². The van der Waals surface area contributed by atoms with Gasteiger partial charge in [0.15, 0.2) is 5.82 Å². The summed E-state index contributed by atoms with van der Waals surface area (Å²) in [6, 6.07) is 9.43. The van der Waals surface area contributed by atoms with Crippen molar-refractivity contribution in [2.45, 2.75) is 13.8 Å². The third-order valence-corrected chi connectivity index (χ3v) is 6.48. The molecule has 1 aliphatic heterocycles. The molecule has 0 spiro atoms. The van der Waals surface area contributed by atoms with Gasteiger partial charge in [0.25, 0.3) is 11.8 Å². The van der Waals surface area contributed by atoms with E-state index in [1.165, 1.54) is 11.3 Å². The first-order chi connectivity index (χ1) is 14.6. The zero-order valence-electron chi connectivity index (χ0n) is 17.2. The standard InChI is InChI=1S/C21H26N6O2S/c1-3-22-21(29)17-13-16-18(30-17)19(25-24-16)23-20(28)14-5-7-15(8-6-14)27-11-9-26(4-2)10-12-27/h5-8,13H,3-4,9-12H2,1-2H3,(H,22,29)(H2,23,24,25,28). The van der Waals surface area contributed by atoms with Crippen LogP contribution in [0.1, 0.15) is 33.9 Å². The number of aromatic nitrogens is 2. The number of rotatable bonds is 6. The van der Waals surface area contributed by atoms with Crippen molar-refractivity contribution >= 4 is 44.9 Å². The number of nitrogens with zero attached hydrogens (tertiary/aromatic N) is 3. The number of carbonyl (C=O) groups excluding carboxylic acids is 2. The van der Waals surface area contributed by atoms with E-state index in [2.05, 4.69) is 37.6 Å². The number of benzene rings is 1. The van der Waals surface area contributed by atoms with E-state index >= 15 is 0 Å². The van der Waals surface area contributed by atoms with Gasteiger partial charge in [-0.3, -0.25) is 14.7 Å². The number of aromatic amines is 1. The predicted molar refractivity (Wildman–Crippen MR) is 121 cm³/mol. The molecule has 2 amide bonds. The first-order valence-electron chi connectivity index (χ1n) is 10.2. The maximum absolute atomic E-state index is 12.7. The molecular weight excluding hydrogens is 400 g/mol. The molecule has 0 aliphatic carbocycles. The number of hydrogen-bond donors (Lipinski definition) is 3. The van der Waals surface area contributed by atoms with Crippen LogP contribution in [0.5, 0.6) is 0 Å². The molecule has 0 saturated carbocycles. The second kappa shape index (κ2) is 8.85. The number of piperazine rings is 1. The molecule has 1 aliphatic rings. The SMILES string of the molecule is CCNC(=O)c1cc2[nH]nc(NC(=O)c3ccc(N4CCN(CC)CC4)cc3)c2s1. The summed E-state index contributed by atoms with van der Waals surface area (Å²) in [4.78, 5) is 30.1. The zero-order chi connectivity index (χ0) is 21.1. The summed E-state index contributed by atoms with van der Waals surface area (Å²) in [5.74, 6) is 0.0914. The fraction of sp³-hybridized carbons (Fsp3) is 0.381. The third kappa shape index (κ3) is 4.17. The highest BCUT2D eigenvalue weighted by atomic mass is 32.1. The highest BCUT2D eigenvalue weighted by molar-refractivity contribution is 7.21. The summed E-state index contributed by atoms with van der Waals surface area (Å²) in [6.45, 7) is 9.83. The van der Waals surface area contributed by atoms with Gasteiger partial charge in [-0.25, -0.2) is 0 Å². The summed E-state index contributed by atoms with van der Waals surface area (Å²) >= 11 is 1.31. The molecule has 1 aromatic carbocycles. The van der Waals surface area contributed by atoms with Crippen LogP contribution >= 0.6 is 11.3 Å². The number of carbonyl (C=O) groups is 2. The Morgan fingerprint density at radius 1 is 1.10 bits per heavy atom. The second-order valence-electron chi connectivity index (χ2n) is 7.21. The maximum Gasteiger partial charge on any atom is 0.261 e. The largest absolute Gasteiger partial charge is 0.369 e. The lowest BCUT2D eigenvalue weighted by Crippen LogP contribution is -2.46. The van der Waals surface area contributed by atoms with Gasteiger partial charge in [0.1, 0.15) is 0 Å². The van der Waals surface area contributed by atoms with Crippen LogP contribution in [-0.4, -0.2) is 66.2 Å². The van der Waals surface area contributed by atoms with Crippen molar-refractivity contribution in [3.63, 3.8) is 0 Å². The number of thiophene rings is 1. The third-order valence-electron chi connectivity index (χ3n) is 5.34. The van der Waals surface area contributed by atoms with E-state index in [9.17, 15) is 9.59 Å². The van der Waals surface area contributed by atoms with Gasteiger partial charge < -0.3 is 20.4 Å². The van der Waals surface area contributed by atoms with Crippen molar-refractivity contribution in [3.8, 4) is 0 Å². The summed E-state index contributed by atoms with van der Waals surface area (Å²) in [6.07, 6.45) is 0. The molecule has 158 valence electrons. The number of fused-ring (bicyclic) bond motifs is 1. The Kier molecular flexibility index (Phi) is 6.01. The van der Waals surface area contributed by atoms with E-state index in [-0.39, 0.29) is 11.8 Å². The van der Waals surface area contributed by atoms with Crippen molar-refractivity contribution in [2.75, 3.05) is 49.5 Å². The molecule has 1 saturated heterocycles. The van der Waals surface area contributed by atoms with Crippen LogP contribution < -0.4 is 15.5 Å². The number of H-pyrrole nitrogens is 1. The highest BCUT2D eigenvalue weighted by Gasteiger charge is 2.18. The summed E-state index contributed by atoms with van der Waals surface area (Å²) < 4.78 is 0.759. The number of likely N-dealkylation sites (N-methyl/N-ethyl adjacent to an activating group) is 1. The molecule has 0 radical (unpaired) electrons. The molecule has 3 heterocycles. The van der Waals surface area contributed by atoms with E-state index in [1.807, 2.05) is 31.2 Å². The molecule has 9 heteroatoms. The number of amides is 2. The molecule has 8 nitrogen and oxygen atoms in total. The van der Waals surface area contributed by atoms with Crippen LogP contribution in [-0.2, 0) is 0 Å². The Morgan fingerprint density at radius 2 is 1.83 bits per heavy atom. The Labute approximate surface area is 179 Å². The van der Waals surface area contributed by atoms with Crippen molar-refractivity contribution < 1.29 is 9.59 Å². The van der Waals surface area contributed by atoms with E-state index in [0.717, 1.165) is 48.6 Å². The Hall–Kier alpha value is -2.91. The minimum Gasteiger partial charge on any atom is -0.369 e. The molecule has 3 N–H and O–H groups in total. The van der Waals surface area contributed by atoms with Crippen molar-refractivity contribution in [3.05, 3.63) is 40.8 Å². The number of nitrogens with one attached hydrogen (secondary N) is 3. The van der Waals surface area contributed by atoms with Gasteiger partial charge in [-0.15, -0.1) is 11.3 Å². The van der Waals surface area contributed by atoms with Gasteiger partial charge in [0.05, 0.1) is 15.1 Å². The van der Waals surface area contributed by atoms with Gasteiger partial charge in [-0.1, -0.05) is 6.92 Å². The Balaban J connectivity index is 1.43. The number of hydrogen-bond acceptors (Lipinski definition) is 6. The topological polar surface area (TPSA) is 93.4 Å². The van der Waals surface area contributed by atoms with Crippen LogP contribution in [0.15, 0.2) is 30.3 Å². The lowest BCUT2D eigenvalue weighted by molar-refractivity contribution is 0.0959. The first kappa shape index (κ1) is 20.4. The molecule has 0 atom stereocenters. The summed E-state index contributed by atoms with van der Waals surface area (Å²) in [5, 5.41) is 12.7. The maximum atomic E-state index is 12.7. The lowest BCUT2D eigenvalue weighted by atomic mass is 10.1. The van der Waals surface area contributed by atoms with Crippen molar-refractivity contribution in [1.82, 2.24) is 20.4 Å². The van der Waals surface area contributed by atoms with Crippen LogP contribution in [0.2, 0.25) is 0 Å². The molecule has 0 unspecified atom stereocenters. The van der Waals surface area contributed by atoms with Gasteiger partial charge in [-0.2, -0.15) is 5.10 Å². The van der Waals surface area contributed by atoms with E-state index in [1.54, 1.807) is 6.07 Å². The zero-order valence-corrected chi connectivity index (χ0v) is 18.0. The number of anilines is 2. The van der Waals surface area contributed by atoms with Crippen molar-refractivity contribution in [2.24, 2.45) is 0 Å². The van der Waals surface area contributed by atoms with Gasteiger partial charge >= 0.3 is 0 Å². The Bertz CT molecular complexity index is 1030. The van der Waals surface area contributed by atoms with Crippen LogP contribution in [0.25, 0.3) is 10.2 Å². The van der Waals surface area contributed by atoms with Crippen LogP contribution in [0, 0.1) is 0 Å². The van der Waals surface area contributed by atoms with Crippen molar-refractivity contribution in [1.29, 1.82) is 0 Å². The van der Waals surface area contributed by atoms with E-state index < -0.39 is 0 Å². The average molecular weight is 427 g/mol.